The SMILES string of the molecule is CC(CNC(=O)C1(N)CCCCC1)Cc1cccs1.Cl. The van der Waals surface area contributed by atoms with Gasteiger partial charge in [-0.1, -0.05) is 32.3 Å². The fourth-order valence-electron chi connectivity index (χ4n) is 2.70. The van der Waals surface area contributed by atoms with Crippen molar-refractivity contribution in [2.45, 2.75) is 51.0 Å². The highest BCUT2D eigenvalue weighted by molar-refractivity contribution is 7.09. The predicted molar refractivity (Wildman–Crippen MR) is 87.4 cm³/mol. The van der Waals surface area contributed by atoms with Crippen LogP contribution in [-0.4, -0.2) is 18.0 Å². The summed E-state index contributed by atoms with van der Waals surface area (Å²) in [6.45, 7) is 2.89. The minimum Gasteiger partial charge on any atom is -0.354 e. The van der Waals surface area contributed by atoms with Gasteiger partial charge in [-0.2, -0.15) is 0 Å². The molecule has 1 unspecified atom stereocenters. The second-order valence-corrected chi connectivity index (χ2v) is 6.85. The summed E-state index contributed by atoms with van der Waals surface area (Å²) in [4.78, 5) is 13.6. The van der Waals surface area contributed by atoms with Gasteiger partial charge in [0.25, 0.3) is 0 Å². The van der Waals surface area contributed by atoms with Crippen molar-refractivity contribution in [1.29, 1.82) is 0 Å². The van der Waals surface area contributed by atoms with Crippen LogP contribution in [0.5, 0.6) is 0 Å². The van der Waals surface area contributed by atoms with E-state index in [4.69, 9.17) is 5.73 Å². The molecular formula is C15H25ClN2OS. The Kier molecular flexibility index (Phi) is 7.00. The smallest absolute Gasteiger partial charge is 0.240 e. The summed E-state index contributed by atoms with van der Waals surface area (Å²) in [5, 5.41) is 5.14. The van der Waals surface area contributed by atoms with Crippen LogP contribution in [0.25, 0.3) is 0 Å². The zero-order valence-electron chi connectivity index (χ0n) is 12.1. The van der Waals surface area contributed by atoms with E-state index in [1.165, 1.54) is 11.3 Å². The van der Waals surface area contributed by atoms with E-state index in [1.54, 1.807) is 11.3 Å². The topological polar surface area (TPSA) is 55.1 Å². The third-order valence-corrected chi connectivity index (χ3v) is 4.84. The molecule has 0 spiro atoms. The fourth-order valence-corrected chi connectivity index (χ4v) is 3.57. The summed E-state index contributed by atoms with van der Waals surface area (Å²) in [5.41, 5.74) is 5.60. The molecular weight excluding hydrogens is 292 g/mol. The Morgan fingerprint density at radius 2 is 2.15 bits per heavy atom. The van der Waals surface area contributed by atoms with Gasteiger partial charge in [-0.3, -0.25) is 4.79 Å². The third-order valence-electron chi connectivity index (χ3n) is 3.94. The van der Waals surface area contributed by atoms with Crippen LogP contribution in [0.1, 0.15) is 43.9 Å². The van der Waals surface area contributed by atoms with Gasteiger partial charge in [0.1, 0.15) is 0 Å². The van der Waals surface area contributed by atoms with Crippen LogP contribution in [0.3, 0.4) is 0 Å². The highest BCUT2D eigenvalue weighted by atomic mass is 35.5. The summed E-state index contributed by atoms with van der Waals surface area (Å²) in [5.74, 6) is 0.500. The Labute approximate surface area is 131 Å². The predicted octanol–water partition coefficient (Wildman–Crippen LogP) is 3.13. The largest absolute Gasteiger partial charge is 0.354 e. The van der Waals surface area contributed by atoms with Gasteiger partial charge in [-0.05, 0) is 36.6 Å². The Morgan fingerprint density at radius 1 is 1.45 bits per heavy atom. The van der Waals surface area contributed by atoms with Crippen molar-refractivity contribution in [2.24, 2.45) is 11.7 Å². The molecule has 20 heavy (non-hydrogen) atoms. The summed E-state index contributed by atoms with van der Waals surface area (Å²) in [7, 11) is 0. The molecule has 0 aromatic carbocycles. The lowest BCUT2D eigenvalue weighted by Crippen LogP contribution is -2.55. The lowest BCUT2D eigenvalue weighted by molar-refractivity contribution is -0.127. The van der Waals surface area contributed by atoms with E-state index < -0.39 is 5.54 Å². The number of halogens is 1. The van der Waals surface area contributed by atoms with Crippen molar-refractivity contribution in [1.82, 2.24) is 5.32 Å². The van der Waals surface area contributed by atoms with Gasteiger partial charge in [0, 0.05) is 11.4 Å². The molecule has 1 amide bonds. The van der Waals surface area contributed by atoms with Crippen molar-refractivity contribution >= 4 is 29.7 Å². The Hall–Kier alpha value is -0.580. The first kappa shape index (κ1) is 17.5. The molecule has 0 aliphatic heterocycles. The van der Waals surface area contributed by atoms with Crippen LogP contribution in [0, 0.1) is 5.92 Å². The summed E-state index contributed by atoms with van der Waals surface area (Å²) >= 11 is 1.78. The van der Waals surface area contributed by atoms with Crippen molar-refractivity contribution < 1.29 is 4.79 Å². The normalized spacial score (nSPS) is 18.9. The first-order chi connectivity index (χ1) is 9.10. The highest BCUT2D eigenvalue weighted by Gasteiger charge is 2.35. The first-order valence-corrected chi connectivity index (χ1v) is 8.08. The molecule has 3 N–H and O–H groups in total. The van der Waals surface area contributed by atoms with E-state index in [1.807, 2.05) is 0 Å². The van der Waals surface area contributed by atoms with Gasteiger partial charge < -0.3 is 11.1 Å². The van der Waals surface area contributed by atoms with Crippen molar-refractivity contribution in [3.8, 4) is 0 Å². The molecule has 1 aromatic rings. The Morgan fingerprint density at radius 3 is 2.75 bits per heavy atom. The molecule has 3 nitrogen and oxygen atoms in total. The summed E-state index contributed by atoms with van der Waals surface area (Å²) < 4.78 is 0. The minimum absolute atomic E-state index is 0. The quantitative estimate of drug-likeness (QED) is 0.877. The molecule has 0 bridgehead atoms. The van der Waals surface area contributed by atoms with Gasteiger partial charge in [0.15, 0.2) is 0 Å². The first-order valence-electron chi connectivity index (χ1n) is 7.20. The molecule has 1 aliphatic rings. The van der Waals surface area contributed by atoms with Crippen LogP contribution >= 0.6 is 23.7 Å². The molecule has 0 saturated heterocycles. The number of thiophene rings is 1. The van der Waals surface area contributed by atoms with E-state index >= 15 is 0 Å². The molecule has 1 saturated carbocycles. The van der Waals surface area contributed by atoms with Crippen molar-refractivity contribution in [3.05, 3.63) is 22.4 Å². The van der Waals surface area contributed by atoms with Gasteiger partial charge in [0.2, 0.25) is 5.91 Å². The lowest BCUT2D eigenvalue weighted by Gasteiger charge is -2.32. The van der Waals surface area contributed by atoms with Crippen LogP contribution < -0.4 is 11.1 Å². The minimum atomic E-state index is -0.610. The highest BCUT2D eigenvalue weighted by Crippen LogP contribution is 2.26. The number of nitrogens with two attached hydrogens (primary N) is 1. The van der Waals surface area contributed by atoms with Gasteiger partial charge in [0.05, 0.1) is 5.54 Å². The second kappa shape index (κ2) is 8.01. The molecule has 5 heteroatoms. The Balaban J connectivity index is 0.00000200. The van der Waals surface area contributed by atoms with E-state index in [0.29, 0.717) is 5.92 Å². The number of hydrogen-bond donors (Lipinski definition) is 2. The van der Waals surface area contributed by atoms with Crippen LogP contribution in [0.4, 0.5) is 0 Å². The second-order valence-electron chi connectivity index (χ2n) is 5.82. The number of nitrogens with one attached hydrogen (secondary N) is 1. The summed E-state index contributed by atoms with van der Waals surface area (Å²) in [6, 6.07) is 4.22. The monoisotopic (exact) mass is 316 g/mol. The number of carbonyl (C=O) groups excluding carboxylic acids is 1. The molecule has 1 atom stereocenters. The molecule has 1 aliphatic carbocycles. The fraction of sp³-hybridized carbons (Fsp3) is 0.667. The van der Waals surface area contributed by atoms with Crippen LogP contribution in [0.2, 0.25) is 0 Å². The summed E-state index contributed by atoms with van der Waals surface area (Å²) in [6.07, 6.45) is 6.05. The van der Waals surface area contributed by atoms with Crippen LogP contribution in [-0.2, 0) is 11.2 Å². The lowest BCUT2D eigenvalue weighted by atomic mass is 9.82. The van der Waals surface area contributed by atoms with Gasteiger partial charge in [-0.25, -0.2) is 0 Å². The number of rotatable bonds is 5. The van der Waals surface area contributed by atoms with E-state index in [-0.39, 0.29) is 18.3 Å². The van der Waals surface area contributed by atoms with E-state index in [9.17, 15) is 4.79 Å². The van der Waals surface area contributed by atoms with Crippen LogP contribution in [0.15, 0.2) is 17.5 Å². The van der Waals surface area contributed by atoms with E-state index in [0.717, 1.165) is 38.6 Å². The average molecular weight is 317 g/mol. The maximum atomic E-state index is 12.2. The standard InChI is InChI=1S/C15H24N2OS.ClH/c1-12(10-13-6-5-9-19-13)11-17-14(18)15(16)7-3-2-4-8-15;/h5-6,9,12H,2-4,7-8,10-11,16H2,1H3,(H,17,18);1H. The van der Waals surface area contributed by atoms with Gasteiger partial charge in [-0.15, -0.1) is 23.7 Å². The molecule has 1 aromatic heterocycles. The molecule has 1 fully saturated rings. The zero-order chi connectivity index (χ0) is 13.7. The van der Waals surface area contributed by atoms with Crippen molar-refractivity contribution in [2.75, 3.05) is 6.54 Å². The molecule has 1 heterocycles. The third kappa shape index (κ3) is 4.76. The maximum Gasteiger partial charge on any atom is 0.240 e. The van der Waals surface area contributed by atoms with Gasteiger partial charge >= 0.3 is 0 Å². The van der Waals surface area contributed by atoms with Crippen molar-refractivity contribution in [3.63, 3.8) is 0 Å². The number of carbonyl (C=O) groups is 1. The van der Waals surface area contributed by atoms with E-state index in [2.05, 4.69) is 29.8 Å². The Bertz CT molecular complexity index is 402. The number of hydrogen-bond acceptors (Lipinski definition) is 3. The molecule has 2 rings (SSSR count). The molecule has 0 radical (unpaired) electrons. The maximum absolute atomic E-state index is 12.2. The number of amides is 1. The molecule has 114 valence electrons. The average Bonchev–Trinajstić information content (AvgIpc) is 2.89. The zero-order valence-corrected chi connectivity index (χ0v) is 13.7.